The van der Waals surface area contributed by atoms with Gasteiger partial charge in [0, 0.05) is 18.7 Å². The lowest BCUT2D eigenvalue weighted by Gasteiger charge is -2.26. The molecule has 12 N–H and O–H groups in total. The molecular formula is C26H43BN8O6. The molecule has 0 saturated carbocycles. The molecule has 0 unspecified atom stereocenters. The highest BCUT2D eigenvalue weighted by Gasteiger charge is 2.31. The van der Waals surface area contributed by atoms with Gasteiger partial charge in [-0.25, -0.2) is 0 Å². The van der Waals surface area contributed by atoms with E-state index in [-0.39, 0.29) is 49.7 Å². The normalized spacial score (nSPS) is 21.2. The Hall–Kier alpha value is -3.69. The van der Waals surface area contributed by atoms with Gasteiger partial charge in [-0.2, -0.15) is 0 Å². The molecule has 1 heterocycles. The van der Waals surface area contributed by atoms with Gasteiger partial charge in [-0.1, -0.05) is 24.6 Å². The zero-order chi connectivity index (χ0) is 30.2. The number of fused-ring (bicyclic) bond motifs is 1. The number of amides is 4. The van der Waals surface area contributed by atoms with E-state index in [4.69, 9.17) is 17.2 Å². The van der Waals surface area contributed by atoms with Crippen molar-refractivity contribution in [3.8, 4) is 0 Å². The molecule has 0 radical (unpaired) electrons. The van der Waals surface area contributed by atoms with Crippen molar-refractivity contribution in [2.24, 2.45) is 22.2 Å². The van der Waals surface area contributed by atoms with E-state index in [0.29, 0.717) is 50.8 Å². The fourth-order valence-electron chi connectivity index (χ4n) is 4.47. The Morgan fingerprint density at radius 3 is 2.32 bits per heavy atom. The Kier molecular flexibility index (Phi) is 14.6. The Balaban J connectivity index is 2.37. The predicted octanol–water partition coefficient (Wildman–Crippen LogP) is -2.21. The summed E-state index contributed by atoms with van der Waals surface area (Å²) in [6.45, 7) is 0.955. The first-order chi connectivity index (χ1) is 19.6. The summed E-state index contributed by atoms with van der Waals surface area (Å²) in [6, 6.07) is 4.61. The number of unbranched alkanes of at least 4 members (excludes halogenated alkanes) is 1. The maximum atomic E-state index is 13.5. The number of nitrogens with one attached hydrogen (secondary N) is 4. The van der Waals surface area contributed by atoms with Crippen molar-refractivity contribution < 1.29 is 29.2 Å². The molecule has 15 heteroatoms. The molecule has 0 saturated heterocycles. The summed E-state index contributed by atoms with van der Waals surface area (Å²) in [5.41, 5.74) is 17.2. The molecule has 41 heavy (non-hydrogen) atoms. The molecule has 1 aliphatic rings. The fraction of sp³-hybridized carbons (Fsp3) is 0.577. The quantitative estimate of drug-likeness (QED) is 0.0670. The molecule has 226 valence electrons. The average molecular weight is 574 g/mol. The third-order valence-electron chi connectivity index (χ3n) is 6.71. The minimum atomic E-state index is -1.84. The topological polar surface area (TPSA) is 247 Å². The van der Waals surface area contributed by atoms with Crippen LogP contribution in [-0.2, 0) is 20.8 Å². The van der Waals surface area contributed by atoms with Crippen molar-refractivity contribution in [1.29, 1.82) is 0 Å². The fourth-order valence-corrected chi connectivity index (χ4v) is 4.47. The number of rotatable bonds is 9. The number of carbonyl (C=O) groups is 4. The van der Waals surface area contributed by atoms with Crippen molar-refractivity contribution in [3.63, 3.8) is 0 Å². The number of benzene rings is 1. The van der Waals surface area contributed by atoms with Crippen molar-refractivity contribution in [1.82, 2.24) is 21.3 Å². The number of hydrogen-bond donors (Lipinski definition) is 9. The SMILES string of the molecule is NCCCC[C@@H]1NC(=O)c2ccccc2CC(=O)NCCCC[C@@H](B(O)O)NC(=O)[C@H](CCCN=C(N)N)NC1=O. The third-order valence-corrected chi connectivity index (χ3v) is 6.71. The summed E-state index contributed by atoms with van der Waals surface area (Å²) >= 11 is 0. The smallest absolute Gasteiger partial charge is 0.426 e. The van der Waals surface area contributed by atoms with Crippen LogP contribution in [0.15, 0.2) is 29.3 Å². The highest BCUT2D eigenvalue weighted by Crippen LogP contribution is 2.13. The molecule has 0 fully saturated rings. The first-order valence-corrected chi connectivity index (χ1v) is 14.0. The van der Waals surface area contributed by atoms with Crippen LogP contribution in [0.25, 0.3) is 0 Å². The molecule has 3 atom stereocenters. The molecule has 0 spiro atoms. The predicted molar refractivity (Wildman–Crippen MR) is 155 cm³/mol. The van der Waals surface area contributed by atoms with E-state index in [1.807, 2.05) is 0 Å². The second-order valence-electron chi connectivity index (χ2n) is 10.0. The van der Waals surface area contributed by atoms with E-state index in [0.717, 1.165) is 0 Å². The standard InChI is InChI=1S/C26H43BN8O6/c28-13-5-3-10-19-24(38)34-20(11-7-15-32-26(29)30)25(39)35-21(27(40)41)12-4-6-14-31-22(36)16-17-8-1-2-9-18(17)23(37)33-19/h1-2,8-9,19-21,40-41H,3-7,10-16,28H2,(H,31,36)(H,33,37)(H,34,38)(H,35,39)(H4,29,30,32)/t19-,20-,21-/m0/s1. The number of hydrogen-bond acceptors (Lipinski definition) is 8. The molecule has 1 aromatic carbocycles. The summed E-state index contributed by atoms with van der Waals surface area (Å²) in [5, 5.41) is 30.6. The molecule has 0 bridgehead atoms. The van der Waals surface area contributed by atoms with Crippen molar-refractivity contribution in [3.05, 3.63) is 35.4 Å². The van der Waals surface area contributed by atoms with E-state index < -0.39 is 42.9 Å². The molecule has 0 aromatic heterocycles. The highest BCUT2D eigenvalue weighted by molar-refractivity contribution is 6.43. The van der Waals surface area contributed by atoms with Crippen LogP contribution in [0.4, 0.5) is 0 Å². The van der Waals surface area contributed by atoms with Gasteiger partial charge < -0.3 is 48.5 Å². The maximum Gasteiger partial charge on any atom is 0.475 e. The minimum absolute atomic E-state index is 0.0282. The first-order valence-electron chi connectivity index (χ1n) is 14.0. The van der Waals surface area contributed by atoms with E-state index in [9.17, 15) is 29.2 Å². The highest BCUT2D eigenvalue weighted by atomic mass is 16.4. The van der Waals surface area contributed by atoms with Gasteiger partial charge in [-0.15, -0.1) is 0 Å². The monoisotopic (exact) mass is 574 g/mol. The van der Waals surface area contributed by atoms with Gasteiger partial charge in [0.05, 0.1) is 12.4 Å². The Bertz CT molecular complexity index is 1050. The third kappa shape index (κ3) is 12.2. The van der Waals surface area contributed by atoms with Crippen LogP contribution >= 0.6 is 0 Å². The first kappa shape index (κ1) is 33.5. The Morgan fingerprint density at radius 1 is 0.927 bits per heavy atom. The van der Waals surface area contributed by atoms with Crippen LogP contribution in [0.1, 0.15) is 67.3 Å². The van der Waals surface area contributed by atoms with E-state index in [1.54, 1.807) is 24.3 Å². The van der Waals surface area contributed by atoms with Gasteiger partial charge in [-0.3, -0.25) is 24.2 Å². The van der Waals surface area contributed by atoms with Crippen LogP contribution in [0.2, 0.25) is 0 Å². The lowest BCUT2D eigenvalue weighted by molar-refractivity contribution is -0.130. The van der Waals surface area contributed by atoms with Gasteiger partial charge in [-0.05, 0) is 63.1 Å². The summed E-state index contributed by atoms with van der Waals surface area (Å²) in [6.07, 6.45) is 3.13. The molecule has 14 nitrogen and oxygen atoms in total. The second-order valence-corrected chi connectivity index (χ2v) is 10.0. The van der Waals surface area contributed by atoms with Gasteiger partial charge >= 0.3 is 7.12 Å². The van der Waals surface area contributed by atoms with Crippen LogP contribution in [0, 0.1) is 0 Å². The van der Waals surface area contributed by atoms with Gasteiger partial charge in [0.2, 0.25) is 17.7 Å². The van der Waals surface area contributed by atoms with Crippen LogP contribution in [0.5, 0.6) is 0 Å². The molecule has 2 rings (SSSR count). The number of guanidine groups is 1. The van der Waals surface area contributed by atoms with Gasteiger partial charge in [0.25, 0.3) is 5.91 Å². The maximum absolute atomic E-state index is 13.5. The van der Waals surface area contributed by atoms with Crippen LogP contribution < -0.4 is 38.5 Å². The van der Waals surface area contributed by atoms with E-state index in [2.05, 4.69) is 26.3 Å². The zero-order valence-electron chi connectivity index (χ0n) is 23.3. The Morgan fingerprint density at radius 2 is 1.61 bits per heavy atom. The molecular weight excluding hydrogens is 531 g/mol. The minimum Gasteiger partial charge on any atom is -0.426 e. The summed E-state index contributed by atoms with van der Waals surface area (Å²) in [7, 11) is -1.84. The molecule has 0 aliphatic carbocycles. The van der Waals surface area contributed by atoms with Crippen molar-refractivity contribution in [2.45, 2.75) is 75.8 Å². The Labute approximate surface area is 240 Å². The number of nitrogens with zero attached hydrogens (tertiary/aromatic N) is 1. The largest absolute Gasteiger partial charge is 0.475 e. The summed E-state index contributed by atoms with van der Waals surface area (Å²) < 4.78 is 0. The van der Waals surface area contributed by atoms with Gasteiger partial charge in [0.1, 0.15) is 12.1 Å². The van der Waals surface area contributed by atoms with Crippen molar-refractivity contribution >= 4 is 36.7 Å². The molecule has 4 amide bonds. The number of nitrogens with two attached hydrogens (primary N) is 3. The second kappa shape index (κ2) is 17.9. The summed E-state index contributed by atoms with van der Waals surface area (Å²) in [5.74, 6) is -3.12. The molecule has 1 aromatic rings. The average Bonchev–Trinajstić information content (AvgIpc) is 2.92. The van der Waals surface area contributed by atoms with E-state index in [1.165, 1.54) is 0 Å². The summed E-state index contributed by atoms with van der Waals surface area (Å²) in [4.78, 5) is 56.5. The van der Waals surface area contributed by atoms with Crippen molar-refractivity contribution in [2.75, 3.05) is 19.6 Å². The van der Waals surface area contributed by atoms with Crippen LogP contribution in [0.3, 0.4) is 0 Å². The van der Waals surface area contributed by atoms with Crippen LogP contribution in [-0.4, -0.2) is 84.4 Å². The number of carbonyl (C=O) groups excluding carboxylic acids is 4. The lowest BCUT2D eigenvalue weighted by Crippen LogP contribution is -2.57. The number of aliphatic imine (C=N–C) groups is 1. The lowest BCUT2D eigenvalue weighted by atomic mass is 9.76. The molecule has 1 aliphatic heterocycles. The van der Waals surface area contributed by atoms with Gasteiger partial charge in [0.15, 0.2) is 5.96 Å². The van der Waals surface area contributed by atoms with E-state index >= 15 is 0 Å². The zero-order valence-corrected chi connectivity index (χ0v) is 23.3.